The number of hydrogen-bond donors (Lipinski definition) is 2. The first-order valence-electron chi connectivity index (χ1n) is 10.6. The molecular formula is C24H35IN4O3. The van der Waals surface area contributed by atoms with Gasteiger partial charge in [-0.1, -0.05) is 12.1 Å². The number of nitrogens with one attached hydrogen (secondary N) is 2. The normalized spacial score (nSPS) is 13.6. The van der Waals surface area contributed by atoms with Gasteiger partial charge >= 0.3 is 0 Å². The van der Waals surface area contributed by atoms with Crippen LogP contribution >= 0.6 is 24.0 Å². The molecule has 1 heterocycles. The van der Waals surface area contributed by atoms with Crippen LogP contribution < -0.4 is 24.8 Å². The molecule has 0 atom stereocenters. The smallest absolute Gasteiger partial charge is 0.191 e. The van der Waals surface area contributed by atoms with Crippen LogP contribution in [-0.4, -0.2) is 58.9 Å². The topological polar surface area (TPSA) is 67.4 Å². The zero-order chi connectivity index (χ0) is 22.2. The first-order chi connectivity index (χ1) is 15.1. The van der Waals surface area contributed by atoms with E-state index in [-0.39, 0.29) is 24.0 Å². The highest BCUT2D eigenvalue weighted by Gasteiger charge is 2.19. The maximum Gasteiger partial charge on any atom is 0.191 e. The predicted octanol–water partition coefficient (Wildman–Crippen LogP) is 3.36. The third-order valence-electron chi connectivity index (χ3n) is 5.63. The molecule has 1 aliphatic rings. The number of aliphatic imine (C=N–C) groups is 1. The Hall–Kier alpha value is -2.20. The van der Waals surface area contributed by atoms with E-state index in [1.54, 1.807) is 28.4 Å². The molecule has 3 rings (SSSR count). The van der Waals surface area contributed by atoms with Crippen LogP contribution in [0.5, 0.6) is 17.2 Å². The molecule has 1 aliphatic heterocycles. The first-order valence-corrected chi connectivity index (χ1v) is 10.6. The van der Waals surface area contributed by atoms with Crippen LogP contribution in [0.2, 0.25) is 0 Å². The van der Waals surface area contributed by atoms with Gasteiger partial charge in [0, 0.05) is 45.3 Å². The lowest BCUT2D eigenvalue weighted by molar-refractivity contribution is 0.256. The van der Waals surface area contributed by atoms with Gasteiger partial charge in [0.15, 0.2) is 17.5 Å². The lowest BCUT2D eigenvalue weighted by Crippen LogP contribution is -2.42. The molecule has 0 fully saturated rings. The van der Waals surface area contributed by atoms with Crippen LogP contribution in [0.3, 0.4) is 0 Å². The molecule has 7 nitrogen and oxygen atoms in total. The predicted molar refractivity (Wildman–Crippen MR) is 140 cm³/mol. The summed E-state index contributed by atoms with van der Waals surface area (Å²) in [6.45, 7) is 6.39. The molecule has 8 heteroatoms. The standard InChI is InChI=1S/C24H34N4O3.HI/c1-17-6-7-19(21(12-17)29-3)15-27-24(25-2)26-9-11-28-10-8-18-13-22(30-4)23(31-5)14-20(18)16-28;/h6-7,12-14H,8-11,15-16H2,1-5H3,(H2,25,26,27);1H. The molecule has 0 aliphatic carbocycles. The second kappa shape index (κ2) is 12.7. The molecular weight excluding hydrogens is 519 g/mol. The fourth-order valence-corrected chi connectivity index (χ4v) is 3.86. The van der Waals surface area contributed by atoms with Crippen LogP contribution in [-0.2, 0) is 19.5 Å². The van der Waals surface area contributed by atoms with Crippen LogP contribution in [0, 0.1) is 6.92 Å². The SMILES string of the molecule is CN=C(NCCN1CCc2cc(OC)c(OC)cc2C1)NCc1ccc(C)cc1OC.I. The Bertz CT molecular complexity index is 920. The van der Waals surface area contributed by atoms with E-state index in [1.165, 1.54) is 16.7 Å². The summed E-state index contributed by atoms with van der Waals surface area (Å²) in [4.78, 5) is 6.78. The Labute approximate surface area is 208 Å². The lowest BCUT2D eigenvalue weighted by Gasteiger charge is -2.29. The number of rotatable bonds is 8. The minimum Gasteiger partial charge on any atom is -0.496 e. The molecule has 0 amide bonds. The van der Waals surface area contributed by atoms with Crippen molar-refractivity contribution in [3.63, 3.8) is 0 Å². The van der Waals surface area contributed by atoms with Gasteiger partial charge in [-0.05, 0) is 48.2 Å². The van der Waals surface area contributed by atoms with Crippen molar-refractivity contribution in [3.05, 3.63) is 52.6 Å². The van der Waals surface area contributed by atoms with Crippen molar-refractivity contribution in [3.8, 4) is 17.2 Å². The fraction of sp³-hybridized carbons (Fsp3) is 0.458. The number of methoxy groups -OCH3 is 3. The molecule has 2 aromatic rings. The summed E-state index contributed by atoms with van der Waals surface area (Å²) in [6, 6.07) is 10.4. The molecule has 0 radical (unpaired) electrons. The monoisotopic (exact) mass is 554 g/mol. The Balaban J connectivity index is 0.00000363. The quantitative estimate of drug-likeness (QED) is 0.297. The Morgan fingerprint density at radius 3 is 2.31 bits per heavy atom. The number of benzene rings is 2. The van der Waals surface area contributed by atoms with E-state index in [0.717, 1.165) is 61.4 Å². The molecule has 32 heavy (non-hydrogen) atoms. The van der Waals surface area contributed by atoms with Crippen molar-refractivity contribution in [2.75, 3.05) is 48.0 Å². The molecule has 0 bridgehead atoms. The molecule has 0 spiro atoms. The number of hydrogen-bond acceptors (Lipinski definition) is 5. The first kappa shape index (κ1) is 26.1. The van der Waals surface area contributed by atoms with E-state index in [0.29, 0.717) is 6.54 Å². The zero-order valence-electron chi connectivity index (χ0n) is 19.7. The Morgan fingerprint density at radius 1 is 0.969 bits per heavy atom. The second-order valence-corrected chi connectivity index (χ2v) is 7.67. The molecule has 0 saturated carbocycles. The van der Waals surface area contributed by atoms with Crippen molar-refractivity contribution in [1.29, 1.82) is 0 Å². The third-order valence-corrected chi connectivity index (χ3v) is 5.63. The van der Waals surface area contributed by atoms with Gasteiger partial charge in [0.05, 0.1) is 21.3 Å². The summed E-state index contributed by atoms with van der Waals surface area (Å²) in [6.07, 6.45) is 1.01. The summed E-state index contributed by atoms with van der Waals surface area (Å²) in [7, 11) is 6.85. The summed E-state index contributed by atoms with van der Waals surface area (Å²) in [5.41, 5.74) is 4.93. The van der Waals surface area contributed by atoms with E-state index in [2.05, 4.69) is 51.7 Å². The van der Waals surface area contributed by atoms with Crippen LogP contribution in [0.25, 0.3) is 0 Å². The van der Waals surface area contributed by atoms with Gasteiger partial charge in [-0.2, -0.15) is 0 Å². The van der Waals surface area contributed by atoms with Gasteiger partial charge in [0.25, 0.3) is 0 Å². The fourth-order valence-electron chi connectivity index (χ4n) is 3.86. The van der Waals surface area contributed by atoms with Gasteiger partial charge in [-0.3, -0.25) is 9.89 Å². The average Bonchev–Trinajstić information content (AvgIpc) is 2.80. The third kappa shape index (κ3) is 6.65. The van der Waals surface area contributed by atoms with Gasteiger partial charge in [-0.15, -0.1) is 24.0 Å². The number of fused-ring (bicyclic) bond motifs is 1. The van der Waals surface area contributed by atoms with Crippen molar-refractivity contribution < 1.29 is 14.2 Å². The van der Waals surface area contributed by atoms with Gasteiger partial charge in [-0.25, -0.2) is 0 Å². The molecule has 0 saturated heterocycles. The minimum absolute atomic E-state index is 0. The highest BCUT2D eigenvalue weighted by Crippen LogP contribution is 2.33. The van der Waals surface area contributed by atoms with Crippen molar-refractivity contribution >= 4 is 29.9 Å². The second-order valence-electron chi connectivity index (χ2n) is 7.67. The van der Waals surface area contributed by atoms with E-state index < -0.39 is 0 Å². The van der Waals surface area contributed by atoms with E-state index in [4.69, 9.17) is 14.2 Å². The van der Waals surface area contributed by atoms with Gasteiger partial charge in [0.2, 0.25) is 0 Å². The number of guanidine groups is 1. The Kier molecular flexibility index (Phi) is 10.4. The highest BCUT2D eigenvalue weighted by molar-refractivity contribution is 14.0. The van der Waals surface area contributed by atoms with Crippen molar-refractivity contribution in [2.45, 2.75) is 26.4 Å². The molecule has 2 aromatic carbocycles. The van der Waals surface area contributed by atoms with E-state index in [9.17, 15) is 0 Å². The van der Waals surface area contributed by atoms with E-state index >= 15 is 0 Å². The van der Waals surface area contributed by atoms with Gasteiger partial charge in [0.1, 0.15) is 5.75 Å². The largest absolute Gasteiger partial charge is 0.496 e. The minimum atomic E-state index is 0. The lowest BCUT2D eigenvalue weighted by atomic mass is 9.99. The number of ether oxygens (including phenoxy) is 3. The molecule has 176 valence electrons. The number of nitrogens with zero attached hydrogens (tertiary/aromatic N) is 2. The zero-order valence-corrected chi connectivity index (χ0v) is 22.0. The summed E-state index contributed by atoms with van der Waals surface area (Å²) in [5.74, 6) is 3.27. The van der Waals surface area contributed by atoms with Crippen molar-refractivity contribution in [2.24, 2.45) is 4.99 Å². The van der Waals surface area contributed by atoms with Crippen molar-refractivity contribution in [1.82, 2.24) is 15.5 Å². The van der Waals surface area contributed by atoms with Gasteiger partial charge < -0.3 is 24.8 Å². The van der Waals surface area contributed by atoms with E-state index in [1.807, 2.05) is 6.07 Å². The number of halogens is 1. The summed E-state index contributed by atoms with van der Waals surface area (Å²) in [5, 5.41) is 6.78. The maximum atomic E-state index is 5.49. The summed E-state index contributed by atoms with van der Waals surface area (Å²) < 4.78 is 16.4. The Morgan fingerprint density at radius 2 is 1.66 bits per heavy atom. The number of aryl methyl sites for hydroxylation is 1. The molecule has 0 unspecified atom stereocenters. The maximum absolute atomic E-state index is 5.49. The molecule has 0 aromatic heterocycles. The summed E-state index contributed by atoms with van der Waals surface area (Å²) >= 11 is 0. The highest BCUT2D eigenvalue weighted by atomic mass is 127. The average molecular weight is 554 g/mol. The van der Waals surface area contributed by atoms with Crippen LogP contribution in [0.15, 0.2) is 35.3 Å². The van der Waals surface area contributed by atoms with Crippen LogP contribution in [0.4, 0.5) is 0 Å². The molecule has 2 N–H and O–H groups in total. The van der Waals surface area contributed by atoms with Crippen LogP contribution in [0.1, 0.15) is 22.3 Å².